The minimum absolute atomic E-state index is 0.222. The number of carbonyl (C=O) groups is 2. The highest BCUT2D eigenvalue weighted by Crippen LogP contribution is 2.04. The summed E-state index contributed by atoms with van der Waals surface area (Å²) in [4.78, 5) is 22.3. The summed E-state index contributed by atoms with van der Waals surface area (Å²) in [5, 5.41) is 14.0. The van der Waals surface area contributed by atoms with Gasteiger partial charge in [-0.1, -0.05) is 26.0 Å². The summed E-state index contributed by atoms with van der Waals surface area (Å²) < 4.78 is 0. The van der Waals surface area contributed by atoms with E-state index in [0.717, 1.165) is 6.42 Å². The van der Waals surface area contributed by atoms with Gasteiger partial charge in [0.15, 0.2) is 0 Å². The standard InChI is InChI=1S/C12H22N2O3/c1-4-5-6-7-13-12(17)14-10(11(15)16)8-9(2)3/h4-5,9-10H,6-8H2,1-3H3,(H,15,16)(H2,13,14,17)/b5-4+/t10-/m0/s1. The lowest BCUT2D eigenvalue weighted by atomic mass is 10.0. The summed E-state index contributed by atoms with van der Waals surface area (Å²) in [5.41, 5.74) is 0. The number of hydrogen-bond donors (Lipinski definition) is 3. The summed E-state index contributed by atoms with van der Waals surface area (Å²) in [6.07, 6.45) is 5.00. The van der Waals surface area contributed by atoms with Crippen molar-refractivity contribution in [1.29, 1.82) is 0 Å². The number of nitrogens with one attached hydrogen (secondary N) is 2. The lowest BCUT2D eigenvalue weighted by molar-refractivity contribution is -0.139. The molecule has 98 valence electrons. The van der Waals surface area contributed by atoms with Gasteiger partial charge in [-0.2, -0.15) is 0 Å². The molecule has 0 aliphatic carbocycles. The van der Waals surface area contributed by atoms with Crippen molar-refractivity contribution in [2.45, 2.75) is 39.7 Å². The topological polar surface area (TPSA) is 78.4 Å². The Hall–Kier alpha value is -1.52. The van der Waals surface area contributed by atoms with Crippen molar-refractivity contribution >= 4 is 12.0 Å². The van der Waals surface area contributed by atoms with E-state index in [9.17, 15) is 9.59 Å². The summed E-state index contributed by atoms with van der Waals surface area (Å²) in [5.74, 6) is -0.776. The summed E-state index contributed by atoms with van der Waals surface area (Å²) in [6, 6.07) is -1.25. The largest absolute Gasteiger partial charge is 0.480 e. The second-order valence-corrected chi connectivity index (χ2v) is 4.28. The van der Waals surface area contributed by atoms with Crippen LogP contribution < -0.4 is 10.6 Å². The molecule has 0 aromatic rings. The van der Waals surface area contributed by atoms with Crippen molar-refractivity contribution in [3.63, 3.8) is 0 Å². The van der Waals surface area contributed by atoms with Gasteiger partial charge in [-0.15, -0.1) is 0 Å². The average molecular weight is 242 g/mol. The fourth-order valence-corrected chi connectivity index (χ4v) is 1.34. The maximum Gasteiger partial charge on any atom is 0.326 e. The van der Waals surface area contributed by atoms with Gasteiger partial charge in [0.25, 0.3) is 0 Å². The van der Waals surface area contributed by atoms with E-state index in [4.69, 9.17) is 5.11 Å². The molecule has 5 heteroatoms. The van der Waals surface area contributed by atoms with E-state index in [1.165, 1.54) is 0 Å². The van der Waals surface area contributed by atoms with Crippen LogP contribution in [0, 0.1) is 5.92 Å². The van der Waals surface area contributed by atoms with Gasteiger partial charge in [-0.25, -0.2) is 9.59 Å². The van der Waals surface area contributed by atoms with Gasteiger partial charge in [-0.05, 0) is 25.7 Å². The van der Waals surface area contributed by atoms with Crippen LogP contribution in [0.5, 0.6) is 0 Å². The molecule has 2 amide bonds. The van der Waals surface area contributed by atoms with Crippen molar-refractivity contribution in [2.75, 3.05) is 6.54 Å². The van der Waals surface area contributed by atoms with Crippen LogP contribution in [0.1, 0.15) is 33.6 Å². The number of allylic oxidation sites excluding steroid dienone is 1. The Morgan fingerprint density at radius 3 is 2.47 bits per heavy atom. The minimum Gasteiger partial charge on any atom is -0.480 e. The van der Waals surface area contributed by atoms with E-state index in [1.54, 1.807) is 0 Å². The number of urea groups is 1. The Morgan fingerprint density at radius 2 is 2.00 bits per heavy atom. The highest BCUT2D eigenvalue weighted by molar-refractivity contribution is 5.82. The molecule has 0 aromatic carbocycles. The first kappa shape index (κ1) is 15.5. The van der Waals surface area contributed by atoms with Gasteiger partial charge in [0, 0.05) is 6.54 Å². The van der Waals surface area contributed by atoms with Crippen LogP contribution in [-0.2, 0) is 4.79 Å². The highest BCUT2D eigenvalue weighted by atomic mass is 16.4. The SMILES string of the molecule is C/C=C/CCNC(=O)N[C@@H](CC(C)C)C(=O)O. The van der Waals surface area contributed by atoms with Crippen molar-refractivity contribution in [3.05, 3.63) is 12.2 Å². The van der Waals surface area contributed by atoms with Crippen molar-refractivity contribution in [3.8, 4) is 0 Å². The number of carboxylic acids is 1. The Bertz CT molecular complexity index is 275. The van der Waals surface area contributed by atoms with Gasteiger partial charge in [0.2, 0.25) is 0 Å². The Morgan fingerprint density at radius 1 is 1.35 bits per heavy atom. The first-order valence-corrected chi connectivity index (χ1v) is 5.85. The van der Waals surface area contributed by atoms with E-state index in [1.807, 2.05) is 32.9 Å². The number of hydrogen-bond acceptors (Lipinski definition) is 2. The van der Waals surface area contributed by atoms with Crippen LogP contribution in [0.4, 0.5) is 4.79 Å². The molecule has 0 aliphatic rings. The third kappa shape index (κ3) is 8.30. The molecule has 0 aromatic heterocycles. The molecule has 0 heterocycles. The van der Waals surface area contributed by atoms with E-state index < -0.39 is 18.0 Å². The molecule has 3 N–H and O–H groups in total. The van der Waals surface area contributed by atoms with E-state index >= 15 is 0 Å². The van der Waals surface area contributed by atoms with Crippen LogP contribution in [0.2, 0.25) is 0 Å². The number of carbonyl (C=O) groups excluding carboxylic acids is 1. The zero-order valence-corrected chi connectivity index (χ0v) is 10.7. The maximum atomic E-state index is 11.4. The monoisotopic (exact) mass is 242 g/mol. The van der Waals surface area contributed by atoms with Crippen LogP contribution in [0.25, 0.3) is 0 Å². The first-order chi connectivity index (χ1) is 7.97. The van der Waals surface area contributed by atoms with Gasteiger partial charge in [0.1, 0.15) is 6.04 Å². The van der Waals surface area contributed by atoms with Crippen molar-refractivity contribution < 1.29 is 14.7 Å². The Kier molecular flexibility index (Phi) is 7.84. The van der Waals surface area contributed by atoms with Crippen LogP contribution in [0.3, 0.4) is 0 Å². The van der Waals surface area contributed by atoms with Crippen LogP contribution in [0.15, 0.2) is 12.2 Å². The Balaban J connectivity index is 3.99. The molecule has 1 atom stereocenters. The third-order valence-corrected chi connectivity index (χ3v) is 2.14. The smallest absolute Gasteiger partial charge is 0.326 e. The maximum absolute atomic E-state index is 11.4. The number of aliphatic carboxylic acids is 1. The molecule has 0 rings (SSSR count). The fraction of sp³-hybridized carbons (Fsp3) is 0.667. The molecule has 0 unspecified atom stereocenters. The van der Waals surface area contributed by atoms with Gasteiger partial charge in [-0.3, -0.25) is 0 Å². The summed E-state index contributed by atoms with van der Waals surface area (Å²) in [6.45, 7) is 6.25. The zero-order chi connectivity index (χ0) is 13.3. The number of amides is 2. The molecule has 17 heavy (non-hydrogen) atoms. The summed E-state index contributed by atoms with van der Waals surface area (Å²) in [7, 11) is 0. The van der Waals surface area contributed by atoms with E-state index in [0.29, 0.717) is 13.0 Å². The fourth-order valence-electron chi connectivity index (χ4n) is 1.34. The molecule has 0 saturated carbocycles. The minimum atomic E-state index is -0.998. The van der Waals surface area contributed by atoms with Crippen LogP contribution in [-0.4, -0.2) is 29.7 Å². The van der Waals surface area contributed by atoms with Gasteiger partial charge < -0.3 is 15.7 Å². The normalized spacial score (nSPS) is 12.7. The Labute approximate surface area is 102 Å². The molecule has 0 radical (unpaired) electrons. The van der Waals surface area contributed by atoms with E-state index in [2.05, 4.69) is 10.6 Å². The second-order valence-electron chi connectivity index (χ2n) is 4.28. The predicted octanol–water partition coefficient (Wildman–Crippen LogP) is 1.75. The highest BCUT2D eigenvalue weighted by Gasteiger charge is 2.20. The number of rotatable bonds is 7. The quantitative estimate of drug-likeness (QED) is 0.470. The second kappa shape index (κ2) is 8.61. The average Bonchev–Trinajstić information content (AvgIpc) is 2.22. The lowest BCUT2D eigenvalue weighted by Gasteiger charge is -2.16. The molecule has 0 fully saturated rings. The zero-order valence-electron chi connectivity index (χ0n) is 10.7. The molecule has 5 nitrogen and oxygen atoms in total. The van der Waals surface area contributed by atoms with Crippen LogP contribution >= 0.6 is 0 Å². The first-order valence-electron chi connectivity index (χ1n) is 5.85. The molecular formula is C12H22N2O3. The third-order valence-electron chi connectivity index (χ3n) is 2.14. The number of carboxylic acid groups (broad SMARTS) is 1. The predicted molar refractivity (Wildman–Crippen MR) is 66.8 cm³/mol. The summed E-state index contributed by atoms with van der Waals surface area (Å²) >= 11 is 0. The van der Waals surface area contributed by atoms with E-state index in [-0.39, 0.29) is 5.92 Å². The molecule has 0 aliphatic heterocycles. The lowest BCUT2D eigenvalue weighted by Crippen LogP contribution is -2.46. The molecule has 0 bridgehead atoms. The van der Waals surface area contributed by atoms with Crippen molar-refractivity contribution in [1.82, 2.24) is 10.6 Å². The van der Waals surface area contributed by atoms with Gasteiger partial charge >= 0.3 is 12.0 Å². The van der Waals surface area contributed by atoms with Gasteiger partial charge in [0.05, 0.1) is 0 Å². The molecule has 0 saturated heterocycles. The molecular weight excluding hydrogens is 220 g/mol. The molecule has 0 spiro atoms. The van der Waals surface area contributed by atoms with Crippen molar-refractivity contribution in [2.24, 2.45) is 5.92 Å².